The fourth-order valence-electron chi connectivity index (χ4n) is 2.68. The van der Waals surface area contributed by atoms with Gasteiger partial charge in [0, 0.05) is 30.6 Å². The van der Waals surface area contributed by atoms with Crippen molar-refractivity contribution >= 4 is 16.8 Å². The first-order valence-electron chi connectivity index (χ1n) is 7.30. The first-order chi connectivity index (χ1) is 10.2. The van der Waals surface area contributed by atoms with Gasteiger partial charge in [-0.1, -0.05) is 18.2 Å². The largest absolute Gasteiger partial charge is 0.391 e. The number of aromatic nitrogens is 2. The molecule has 1 fully saturated rings. The molecule has 3 rings (SSSR count). The van der Waals surface area contributed by atoms with Crippen LogP contribution >= 0.6 is 0 Å². The number of hydrogen-bond donors (Lipinski definition) is 3. The molecule has 1 aliphatic rings. The summed E-state index contributed by atoms with van der Waals surface area (Å²) >= 11 is 0. The summed E-state index contributed by atoms with van der Waals surface area (Å²) in [4.78, 5) is 12.0. The smallest absolute Gasteiger partial charge is 0.241 e. The number of nitrogens with zero attached hydrogens (tertiary/aromatic N) is 2. The Kier molecular flexibility index (Phi) is 4.17. The average molecular weight is 288 g/mol. The Labute approximate surface area is 123 Å². The average Bonchev–Trinajstić information content (AvgIpc) is 2.88. The van der Waals surface area contributed by atoms with Crippen molar-refractivity contribution in [3.8, 4) is 0 Å². The molecule has 6 nitrogen and oxygen atoms in total. The topological polar surface area (TPSA) is 79.2 Å². The van der Waals surface area contributed by atoms with Gasteiger partial charge in [0.05, 0.1) is 11.6 Å². The molecular weight excluding hydrogens is 268 g/mol. The van der Waals surface area contributed by atoms with Crippen molar-refractivity contribution in [2.24, 2.45) is 5.92 Å². The van der Waals surface area contributed by atoms with E-state index >= 15 is 0 Å². The van der Waals surface area contributed by atoms with Gasteiger partial charge < -0.3 is 15.7 Å². The standard InChI is InChI=1S/C15H20N4O2/c20-14-8-16-6-5-11(14)7-17-15(21)10-19-9-12-3-1-2-4-13(12)18-19/h1-4,9,11,14,16,20H,5-8,10H2,(H,17,21)/t11-,14+/m0/s1. The molecule has 3 N–H and O–H groups in total. The lowest BCUT2D eigenvalue weighted by Gasteiger charge is -2.28. The van der Waals surface area contributed by atoms with Gasteiger partial charge in [-0.25, -0.2) is 0 Å². The summed E-state index contributed by atoms with van der Waals surface area (Å²) in [6, 6.07) is 7.78. The maximum atomic E-state index is 12.0. The Bertz CT molecular complexity index is 592. The summed E-state index contributed by atoms with van der Waals surface area (Å²) in [7, 11) is 0. The zero-order chi connectivity index (χ0) is 14.7. The number of β-amino-alcohol motifs (C(OH)–C–C–N with tert-alkyl or cyclic N) is 1. The number of hydrogen-bond acceptors (Lipinski definition) is 4. The van der Waals surface area contributed by atoms with Crippen LogP contribution in [-0.2, 0) is 11.3 Å². The van der Waals surface area contributed by atoms with E-state index in [0.717, 1.165) is 23.9 Å². The van der Waals surface area contributed by atoms with Gasteiger partial charge in [0.2, 0.25) is 5.91 Å². The number of carbonyl (C=O) groups excluding carboxylic acids is 1. The number of fused-ring (bicyclic) bond motifs is 1. The lowest BCUT2D eigenvalue weighted by molar-refractivity contribution is -0.122. The van der Waals surface area contributed by atoms with E-state index in [2.05, 4.69) is 15.7 Å². The van der Waals surface area contributed by atoms with E-state index in [1.165, 1.54) is 0 Å². The van der Waals surface area contributed by atoms with Gasteiger partial charge in [0.1, 0.15) is 6.54 Å². The van der Waals surface area contributed by atoms with Crippen molar-refractivity contribution in [3.63, 3.8) is 0 Å². The van der Waals surface area contributed by atoms with Crippen LogP contribution in [0.1, 0.15) is 6.42 Å². The Balaban J connectivity index is 1.53. The number of benzene rings is 1. The Morgan fingerprint density at radius 2 is 2.33 bits per heavy atom. The summed E-state index contributed by atoms with van der Waals surface area (Å²) in [5, 5.41) is 21.2. The van der Waals surface area contributed by atoms with Crippen LogP contribution in [-0.4, -0.2) is 46.5 Å². The van der Waals surface area contributed by atoms with Crippen LogP contribution in [0.25, 0.3) is 10.9 Å². The summed E-state index contributed by atoms with van der Waals surface area (Å²) in [5.74, 6) is 0.0560. The van der Waals surface area contributed by atoms with E-state index in [0.29, 0.717) is 13.1 Å². The summed E-state index contributed by atoms with van der Waals surface area (Å²) in [6.45, 7) is 2.21. The highest BCUT2D eigenvalue weighted by Crippen LogP contribution is 2.12. The monoisotopic (exact) mass is 288 g/mol. The number of carbonyl (C=O) groups is 1. The van der Waals surface area contributed by atoms with Crippen LogP contribution in [0.4, 0.5) is 0 Å². The van der Waals surface area contributed by atoms with Gasteiger partial charge in [0.15, 0.2) is 0 Å². The molecule has 1 saturated heterocycles. The van der Waals surface area contributed by atoms with Gasteiger partial charge in [-0.15, -0.1) is 0 Å². The van der Waals surface area contributed by atoms with Crippen molar-refractivity contribution in [2.45, 2.75) is 19.1 Å². The maximum absolute atomic E-state index is 12.0. The maximum Gasteiger partial charge on any atom is 0.241 e. The molecule has 0 spiro atoms. The lowest BCUT2D eigenvalue weighted by Crippen LogP contribution is -2.45. The molecule has 0 bridgehead atoms. The van der Waals surface area contributed by atoms with E-state index in [1.807, 2.05) is 30.5 Å². The van der Waals surface area contributed by atoms with Gasteiger partial charge >= 0.3 is 0 Å². The molecule has 6 heteroatoms. The van der Waals surface area contributed by atoms with Crippen molar-refractivity contribution in [2.75, 3.05) is 19.6 Å². The second-order valence-corrected chi connectivity index (χ2v) is 5.51. The third-order valence-corrected chi connectivity index (χ3v) is 3.92. The molecule has 1 aromatic heterocycles. The Morgan fingerprint density at radius 1 is 1.48 bits per heavy atom. The highest BCUT2D eigenvalue weighted by atomic mass is 16.3. The number of aliphatic hydroxyl groups excluding tert-OH is 1. The van der Waals surface area contributed by atoms with Crippen molar-refractivity contribution < 1.29 is 9.90 Å². The fraction of sp³-hybridized carbons (Fsp3) is 0.467. The van der Waals surface area contributed by atoms with Crippen LogP contribution in [0, 0.1) is 5.92 Å². The molecule has 1 aromatic carbocycles. The lowest BCUT2D eigenvalue weighted by atomic mass is 9.95. The van der Waals surface area contributed by atoms with Crippen molar-refractivity contribution in [1.29, 1.82) is 0 Å². The third kappa shape index (κ3) is 3.40. The Morgan fingerprint density at radius 3 is 3.14 bits per heavy atom. The van der Waals surface area contributed by atoms with Crippen molar-refractivity contribution in [3.05, 3.63) is 30.5 Å². The van der Waals surface area contributed by atoms with E-state index < -0.39 is 0 Å². The van der Waals surface area contributed by atoms with Gasteiger partial charge in [0.25, 0.3) is 0 Å². The van der Waals surface area contributed by atoms with Crippen molar-refractivity contribution in [1.82, 2.24) is 20.4 Å². The minimum Gasteiger partial charge on any atom is -0.391 e. The van der Waals surface area contributed by atoms with E-state index in [9.17, 15) is 9.90 Å². The highest BCUT2D eigenvalue weighted by molar-refractivity contribution is 5.79. The Hall–Kier alpha value is -1.92. The first-order valence-corrected chi connectivity index (χ1v) is 7.30. The quantitative estimate of drug-likeness (QED) is 0.747. The number of amides is 1. The van der Waals surface area contributed by atoms with Crippen LogP contribution in [0.5, 0.6) is 0 Å². The molecule has 0 saturated carbocycles. The van der Waals surface area contributed by atoms with Gasteiger partial charge in [-0.2, -0.15) is 5.10 Å². The summed E-state index contributed by atoms with van der Waals surface area (Å²) < 4.78 is 1.65. The third-order valence-electron chi connectivity index (χ3n) is 3.92. The molecule has 1 amide bonds. The van der Waals surface area contributed by atoms with E-state index in [-0.39, 0.29) is 24.5 Å². The van der Waals surface area contributed by atoms with Gasteiger partial charge in [-0.05, 0) is 19.0 Å². The predicted octanol–water partition coefficient (Wildman–Crippen LogP) is 0.123. The minimum absolute atomic E-state index is 0.0754. The molecular formula is C15H20N4O2. The van der Waals surface area contributed by atoms with Crippen LogP contribution in [0.2, 0.25) is 0 Å². The van der Waals surface area contributed by atoms with Crippen LogP contribution < -0.4 is 10.6 Å². The normalized spacial score (nSPS) is 22.3. The molecule has 21 heavy (non-hydrogen) atoms. The molecule has 1 aliphatic heterocycles. The second kappa shape index (κ2) is 6.24. The molecule has 0 unspecified atom stereocenters. The van der Waals surface area contributed by atoms with E-state index in [4.69, 9.17) is 0 Å². The van der Waals surface area contributed by atoms with Gasteiger partial charge in [-0.3, -0.25) is 9.48 Å². The fourth-order valence-corrected chi connectivity index (χ4v) is 2.68. The molecule has 0 aliphatic carbocycles. The zero-order valence-electron chi connectivity index (χ0n) is 11.8. The molecule has 2 aromatic rings. The minimum atomic E-state index is -0.383. The van der Waals surface area contributed by atoms with Crippen LogP contribution in [0.3, 0.4) is 0 Å². The first kappa shape index (κ1) is 14.0. The number of aliphatic hydroxyl groups is 1. The summed E-state index contributed by atoms with van der Waals surface area (Å²) in [5.41, 5.74) is 0.888. The predicted molar refractivity (Wildman–Crippen MR) is 79.7 cm³/mol. The zero-order valence-corrected chi connectivity index (χ0v) is 11.8. The number of nitrogens with one attached hydrogen (secondary N) is 2. The molecule has 112 valence electrons. The second-order valence-electron chi connectivity index (χ2n) is 5.51. The number of rotatable bonds is 4. The number of piperidine rings is 1. The van der Waals surface area contributed by atoms with Crippen LogP contribution in [0.15, 0.2) is 30.5 Å². The SMILES string of the molecule is O=C(Cn1cc2ccccc2n1)NC[C@@H]1CCNC[C@H]1O. The highest BCUT2D eigenvalue weighted by Gasteiger charge is 2.23. The van der Waals surface area contributed by atoms with E-state index in [1.54, 1.807) is 4.68 Å². The molecule has 2 atom stereocenters. The molecule has 0 radical (unpaired) electrons. The molecule has 2 heterocycles. The summed E-state index contributed by atoms with van der Waals surface area (Å²) in [6.07, 6.45) is 2.37.